The summed E-state index contributed by atoms with van der Waals surface area (Å²) >= 11 is 8.15. The first kappa shape index (κ1) is 25.7. The Kier molecular flexibility index (Phi) is 8.37. The lowest BCUT2D eigenvalue weighted by Gasteiger charge is -2.40. The third kappa shape index (κ3) is 6.31. The number of hydrogen-bond donors (Lipinski definition) is 1. The van der Waals surface area contributed by atoms with Gasteiger partial charge in [0.2, 0.25) is 0 Å². The molecule has 3 aromatic carbocycles. The van der Waals surface area contributed by atoms with Gasteiger partial charge in [-0.1, -0.05) is 79.2 Å². The topological polar surface area (TPSA) is 35.6 Å². The van der Waals surface area contributed by atoms with Gasteiger partial charge in [0.25, 0.3) is 5.91 Å². The van der Waals surface area contributed by atoms with Crippen LogP contribution in [0.1, 0.15) is 44.9 Å². The molecule has 6 heteroatoms. The van der Waals surface area contributed by atoms with Gasteiger partial charge < -0.3 is 5.32 Å². The third-order valence-electron chi connectivity index (χ3n) is 6.90. The van der Waals surface area contributed by atoms with Crippen LogP contribution in [0.3, 0.4) is 0 Å². The largest absolute Gasteiger partial charge is 0.313 e. The molecule has 2 heterocycles. The van der Waals surface area contributed by atoms with E-state index in [1.54, 1.807) is 11.3 Å². The summed E-state index contributed by atoms with van der Waals surface area (Å²) in [6.07, 6.45) is 0.923. The van der Waals surface area contributed by atoms with Crippen LogP contribution in [0.15, 0.2) is 91.0 Å². The summed E-state index contributed by atoms with van der Waals surface area (Å²) in [6, 6.07) is 30.5. The molecule has 0 spiro atoms. The molecule has 0 radical (unpaired) electrons. The van der Waals surface area contributed by atoms with Crippen LogP contribution in [0.4, 0.5) is 5.00 Å². The SMILES string of the molecule is CCc1cc([C@H](c2cccc(Cl)c2)N2CCN(Cc3ccccc3)CC2)c(NC(=O)c2ccccc2)s1. The van der Waals surface area contributed by atoms with Crippen LogP contribution < -0.4 is 5.32 Å². The van der Waals surface area contributed by atoms with E-state index < -0.39 is 0 Å². The van der Waals surface area contributed by atoms with Crippen LogP contribution in [0.25, 0.3) is 0 Å². The van der Waals surface area contributed by atoms with E-state index in [1.807, 2.05) is 42.5 Å². The van der Waals surface area contributed by atoms with E-state index in [0.717, 1.165) is 60.3 Å². The molecule has 0 aliphatic carbocycles. The van der Waals surface area contributed by atoms with Crippen molar-refractivity contribution in [2.24, 2.45) is 0 Å². The maximum atomic E-state index is 13.1. The van der Waals surface area contributed by atoms with Gasteiger partial charge in [0.1, 0.15) is 5.00 Å². The van der Waals surface area contributed by atoms with Crippen LogP contribution in [0.5, 0.6) is 0 Å². The number of carbonyl (C=O) groups is 1. The number of nitrogens with zero attached hydrogens (tertiary/aromatic N) is 2. The number of rotatable bonds is 8. The van der Waals surface area contributed by atoms with Gasteiger partial charge in [-0.2, -0.15) is 0 Å². The molecule has 0 unspecified atom stereocenters. The third-order valence-corrected chi connectivity index (χ3v) is 8.35. The fraction of sp³-hybridized carbons (Fsp3) is 0.258. The zero-order chi connectivity index (χ0) is 25.6. The fourth-order valence-electron chi connectivity index (χ4n) is 4.98. The number of anilines is 1. The minimum absolute atomic E-state index is 0.0141. The summed E-state index contributed by atoms with van der Waals surface area (Å²) < 4.78 is 0. The monoisotopic (exact) mass is 529 g/mol. The molecule has 1 aromatic heterocycles. The molecule has 5 rings (SSSR count). The highest BCUT2D eigenvalue weighted by atomic mass is 35.5. The van der Waals surface area contributed by atoms with Crippen molar-refractivity contribution in [3.8, 4) is 0 Å². The van der Waals surface area contributed by atoms with Crippen LogP contribution in [-0.4, -0.2) is 41.9 Å². The number of nitrogens with one attached hydrogen (secondary N) is 1. The molecule has 1 fully saturated rings. The van der Waals surface area contributed by atoms with Crippen molar-refractivity contribution >= 4 is 33.8 Å². The summed E-state index contributed by atoms with van der Waals surface area (Å²) in [6.45, 7) is 6.98. The maximum absolute atomic E-state index is 13.1. The Morgan fingerprint density at radius 3 is 2.30 bits per heavy atom. The quantitative estimate of drug-likeness (QED) is 0.264. The molecule has 1 N–H and O–H groups in total. The molecule has 4 nitrogen and oxygen atoms in total. The maximum Gasteiger partial charge on any atom is 0.256 e. The molecule has 1 amide bonds. The first-order chi connectivity index (χ1) is 18.1. The normalized spacial score (nSPS) is 15.4. The molecule has 1 aliphatic heterocycles. The minimum atomic E-state index is -0.0797. The zero-order valence-electron chi connectivity index (χ0n) is 21.1. The lowest BCUT2D eigenvalue weighted by atomic mass is 9.97. The van der Waals surface area contributed by atoms with Gasteiger partial charge in [-0.3, -0.25) is 14.6 Å². The van der Waals surface area contributed by atoms with Crippen molar-refractivity contribution in [2.45, 2.75) is 25.9 Å². The summed E-state index contributed by atoms with van der Waals surface area (Å²) in [7, 11) is 0. The van der Waals surface area contributed by atoms with E-state index in [0.29, 0.717) is 5.56 Å². The van der Waals surface area contributed by atoms with Crippen molar-refractivity contribution in [2.75, 3.05) is 31.5 Å². The fourth-order valence-corrected chi connectivity index (χ4v) is 6.21. The van der Waals surface area contributed by atoms with E-state index in [9.17, 15) is 4.79 Å². The standard InChI is InChI=1S/C31H32ClN3OS/c1-2-27-21-28(31(37-27)33-30(36)24-12-7-4-8-13-24)29(25-14-9-15-26(32)20-25)35-18-16-34(17-19-35)22-23-10-5-3-6-11-23/h3-15,20-21,29H,2,16-19,22H2,1H3,(H,33,36)/t29-/m0/s1. The number of thiophene rings is 1. The van der Waals surface area contributed by atoms with Crippen LogP contribution in [0.2, 0.25) is 5.02 Å². The molecule has 1 atom stereocenters. The average Bonchev–Trinajstić information content (AvgIpc) is 3.33. The van der Waals surface area contributed by atoms with Crippen molar-refractivity contribution in [3.05, 3.63) is 123 Å². The smallest absolute Gasteiger partial charge is 0.256 e. The summed E-state index contributed by atoms with van der Waals surface area (Å²) in [5.74, 6) is -0.0797. The van der Waals surface area contributed by atoms with Crippen LogP contribution in [-0.2, 0) is 13.0 Å². The molecule has 1 saturated heterocycles. The van der Waals surface area contributed by atoms with Gasteiger partial charge in [-0.25, -0.2) is 0 Å². The second-order valence-corrected chi connectivity index (χ2v) is 11.0. The van der Waals surface area contributed by atoms with Crippen molar-refractivity contribution < 1.29 is 4.79 Å². The van der Waals surface area contributed by atoms with Crippen LogP contribution in [0, 0.1) is 0 Å². The molecule has 37 heavy (non-hydrogen) atoms. The summed E-state index contributed by atoms with van der Waals surface area (Å²) in [5, 5.41) is 4.88. The lowest BCUT2D eigenvalue weighted by molar-refractivity contribution is 0.102. The second-order valence-electron chi connectivity index (χ2n) is 9.43. The first-order valence-corrected chi connectivity index (χ1v) is 14.0. The van der Waals surface area contributed by atoms with Crippen LogP contribution >= 0.6 is 22.9 Å². The number of benzene rings is 3. The van der Waals surface area contributed by atoms with E-state index >= 15 is 0 Å². The van der Waals surface area contributed by atoms with Gasteiger partial charge in [-0.15, -0.1) is 11.3 Å². The minimum Gasteiger partial charge on any atom is -0.313 e. The van der Waals surface area contributed by atoms with Crippen molar-refractivity contribution in [3.63, 3.8) is 0 Å². The van der Waals surface area contributed by atoms with Gasteiger partial charge in [-0.05, 0) is 47.9 Å². The number of carbonyl (C=O) groups excluding carboxylic acids is 1. The molecular weight excluding hydrogens is 498 g/mol. The van der Waals surface area contributed by atoms with Gasteiger partial charge in [0.05, 0.1) is 6.04 Å². The summed E-state index contributed by atoms with van der Waals surface area (Å²) in [5.41, 5.74) is 4.30. The molecule has 1 aliphatic rings. The van der Waals surface area contributed by atoms with Gasteiger partial charge in [0.15, 0.2) is 0 Å². The average molecular weight is 530 g/mol. The number of amides is 1. The second kappa shape index (κ2) is 12.1. The van der Waals surface area contributed by atoms with Crippen molar-refractivity contribution in [1.82, 2.24) is 9.80 Å². The highest BCUT2D eigenvalue weighted by Crippen LogP contribution is 2.40. The van der Waals surface area contributed by atoms with Crippen molar-refractivity contribution in [1.29, 1.82) is 0 Å². The predicted molar refractivity (Wildman–Crippen MR) is 155 cm³/mol. The molecule has 4 aromatic rings. The number of hydrogen-bond acceptors (Lipinski definition) is 4. The summed E-state index contributed by atoms with van der Waals surface area (Å²) in [4.78, 5) is 19.4. The Balaban J connectivity index is 1.43. The lowest BCUT2D eigenvalue weighted by Crippen LogP contribution is -2.47. The van der Waals surface area contributed by atoms with E-state index in [4.69, 9.17) is 11.6 Å². The Bertz CT molecular complexity index is 1320. The van der Waals surface area contributed by atoms with E-state index in [2.05, 4.69) is 70.6 Å². The Labute approximate surface area is 228 Å². The number of aryl methyl sites for hydroxylation is 1. The first-order valence-electron chi connectivity index (χ1n) is 12.9. The highest BCUT2D eigenvalue weighted by Gasteiger charge is 2.30. The number of halogens is 1. The van der Waals surface area contributed by atoms with E-state index in [1.165, 1.54) is 10.4 Å². The molecular formula is C31H32ClN3OS. The Morgan fingerprint density at radius 1 is 0.919 bits per heavy atom. The van der Waals surface area contributed by atoms with Gasteiger partial charge >= 0.3 is 0 Å². The predicted octanol–water partition coefficient (Wildman–Crippen LogP) is 7.12. The molecule has 190 valence electrons. The Hall–Kier alpha value is -2.96. The zero-order valence-corrected chi connectivity index (χ0v) is 22.6. The Morgan fingerprint density at radius 2 is 1.62 bits per heavy atom. The molecule has 0 saturated carbocycles. The van der Waals surface area contributed by atoms with E-state index in [-0.39, 0.29) is 11.9 Å². The van der Waals surface area contributed by atoms with Gasteiger partial charge in [0, 0.05) is 53.8 Å². The number of piperazine rings is 1. The highest BCUT2D eigenvalue weighted by molar-refractivity contribution is 7.16. The molecule has 0 bridgehead atoms.